The number of hydrogen-bond acceptors (Lipinski definition) is 3. The second-order valence-electron chi connectivity index (χ2n) is 2.92. The average Bonchev–Trinajstić information content (AvgIpc) is 2.11. The minimum atomic E-state index is -0.437. The van der Waals surface area contributed by atoms with Crippen molar-refractivity contribution in [2.75, 3.05) is 12.3 Å². The summed E-state index contributed by atoms with van der Waals surface area (Å²) in [5.74, 6) is -0.437. The van der Waals surface area contributed by atoms with E-state index < -0.39 is 5.97 Å². The molecular weight excluding hydrogens is 202 g/mol. The molecule has 0 saturated heterocycles. The van der Waals surface area contributed by atoms with Crippen molar-refractivity contribution in [2.24, 2.45) is 0 Å². The molecular formula is C10H12ClNO2. The molecule has 76 valence electrons. The van der Waals surface area contributed by atoms with Gasteiger partial charge in [-0.3, -0.25) is 0 Å². The predicted octanol–water partition coefficient (Wildman–Crippen LogP) is 2.41. The van der Waals surface area contributed by atoms with Crippen LogP contribution in [0.1, 0.15) is 22.8 Å². The standard InChI is InChI=1S/C10H12ClNO2/c1-3-14-10(13)8-5-7(12)4-6(2)9(8)11/h4-5H,3,12H2,1-2H3. The maximum absolute atomic E-state index is 11.4. The smallest absolute Gasteiger partial charge is 0.339 e. The molecule has 0 radical (unpaired) electrons. The van der Waals surface area contributed by atoms with Crippen LogP contribution in [0.25, 0.3) is 0 Å². The Bertz CT molecular complexity index is 363. The van der Waals surface area contributed by atoms with Gasteiger partial charge in [-0.25, -0.2) is 4.79 Å². The summed E-state index contributed by atoms with van der Waals surface area (Å²) in [6.07, 6.45) is 0. The normalized spacial score (nSPS) is 9.93. The minimum absolute atomic E-state index is 0.322. The molecule has 1 rings (SSSR count). The van der Waals surface area contributed by atoms with Crippen molar-refractivity contribution in [2.45, 2.75) is 13.8 Å². The van der Waals surface area contributed by atoms with Gasteiger partial charge >= 0.3 is 5.97 Å². The molecule has 0 amide bonds. The van der Waals surface area contributed by atoms with Crippen LogP contribution in [0.5, 0.6) is 0 Å². The van der Waals surface area contributed by atoms with E-state index in [1.807, 2.05) is 0 Å². The third kappa shape index (κ3) is 2.17. The molecule has 0 atom stereocenters. The van der Waals surface area contributed by atoms with E-state index in [1.165, 1.54) is 6.07 Å². The molecule has 1 aromatic carbocycles. The molecule has 4 heteroatoms. The summed E-state index contributed by atoms with van der Waals surface area (Å²) in [6, 6.07) is 3.23. The molecule has 0 aliphatic heterocycles. The van der Waals surface area contributed by atoms with Crippen molar-refractivity contribution in [3.05, 3.63) is 28.3 Å². The Hall–Kier alpha value is -1.22. The number of anilines is 1. The quantitative estimate of drug-likeness (QED) is 0.606. The number of nitrogen functional groups attached to an aromatic ring is 1. The second kappa shape index (κ2) is 4.33. The van der Waals surface area contributed by atoms with Crippen LogP contribution in [-0.4, -0.2) is 12.6 Å². The predicted molar refractivity (Wildman–Crippen MR) is 56.6 cm³/mol. The lowest BCUT2D eigenvalue weighted by molar-refractivity contribution is 0.0526. The number of hydrogen-bond donors (Lipinski definition) is 1. The number of esters is 1. The third-order valence-electron chi connectivity index (χ3n) is 1.77. The largest absolute Gasteiger partial charge is 0.462 e. The van der Waals surface area contributed by atoms with Crippen LogP contribution in [0.4, 0.5) is 5.69 Å². The molecule has 0 fully saturated rings. The molecule has 2 N–H and O–H groups in total. The highest BCUT2D eigenvalue weighted by Crippen LogP contribution is 2.24. The van der Waals surface area contributed by atoms with E-state index in [0.29, 0.717) is 22.9 Å². The average molecular weight is 214 g/mol. The first kappa shape index (κ1) is 10.9. The lowest BCUT2D eigenvalue weighted by atomic mass is 10.1. The number of ether oxygens (including phenoxy) is 1. The molecule has 0 aromatic heterocycles. The first-order valence-electron chi connectivity index (χ1n) is 4.29. The highest BCUT2D eigenvalue weighted by Gasteiger charge is 2.13. The Morgan fingerprint density at radius 2 is 2.21 bits per heavy atom. The molecule has 0 bridgehead atoms. The summed E-state index contributed by atoms with van der Waals surface area (Å²) in [5.41, 5.74) is 7.20. The van der Waals surface area contributed by atoms with Gasteiger partial charge in [-0.05, 0) is 31.5 Å². The van der Waals surface area contributed by atoms with Crippen molar-refractivity contribution in [1.82, 2.24) is 0 Å². The van der Waals surface area contributed by atoms with Crippen LogP contribution in [-0.2, 0) is 4.74 Å². The van der Waals surface area contributed by atoms with Gasteiger partial charge in [0.15, 0.2) is 0 Å². The lowest BCUT2D eigenvalue weighted by Gasteiger charge is -2.07. The lowest BCUT2D eigenvalue weighted by Crippen LogP contribution is -2.06. The van der Waals surface area contributed by atoms with Gasteiger partial charge in [0.1, 0.15) is 0 Å². The fourth-order valence-corrected chi connectivity index (χ4v) is 1.34. The van der Waals surface area contributed by atoms with Gasteiger partial charge in [-0.15, -0.1) is 0 Å². The van der Waals surface area contributed by atoms with Crippen LogP contribution >= 0.6 is 11.6 Å². The highest BCUT2D eigenvalue weighted by atomic mass is 35.5. The SMILES string of the molecule is CCOC(=O)c1cc(N)cc(C)c1Cl. The van der Waals surface area contributed by atoms with Crippen LogP contribution in [0.2, 0.25) is 5.02 Å². The molecule has 0 saturated carbocycles. The number of benzene rings is 1. The number of rotatable bonds is 2. The van der Waals surface area contributed by atoms with E-state index in [4.69, 9.17) is 22.1 Å². The summed E-state index contributed by atoms with van der Waals surface area (Å²) in [5, 5.41) is 0.401. The van der Waals surface area contributed by atoms with Crippen LogP contribution in [0, 0.1) is 6.92 Å². The van der Waals surface area contributed by atoms with Gasteiger partial charge in [0.05, 0.1) is 17.2 Å². The Morgan fingerprint density at radius 1 is 1.57 bits per heavy atom. The van der Waals surface area contributed by atoms with Crippen LogP contribution < -0.4 is 5.73 Å². The van der Waals surface area contributed by atoms with E-state index >= 15 is 0 Å². The van der Waals surface area contributed by atoms with E-state index in [0.717, 1.165) is 5.56 Å². The first-order valence-corrected chi connectivity index (χ1v) is 4.66. The van der Waals surface area contributed by atoms with E-state index in [1.54, 1.807) is 19.9 Å². The highest BCUT2D eigenvalue weighted by molar-refractivity contribution is 6.34. The van der Waals surface area contributed by atoms with Gasteiger partial charge in [0.2, 0.25) is 0 Å². The second-order valence-corrected chi connectivity index (χ2v) is 3.30. The topological polar surface area (TPSA) is 52.3 Å². The Morgan fingerprint density at radius 3 is 2.79 bits per heavy atom. The molecule has 0 spiro atoms. The third-order valence-corrected chi connectivity index (χ3v) is 2.27. The minimum Gasteiger partial charge on any atom is -0.462 e. The fourth-order valence-electron chi connectivity index (χ4n) is 1.15. The van der Waals surface area contributed by atoms with Gasteiger partial charge in [0, 0.05) is 5.69 Å². The number of carbonyl (C=O) groups is 1. The zero-order valence-electron chi connectivity index (χ0n) is 8.13. The summed E-state index contributed by atoms with van der Waals surface area (Å²) in [4.78, 5) is 11.4. The van der Waals surface area contributed by atoms with Crippen molar-refractivity contribution in [1.29, 1.82) is 0 Å². The van der Waals surface area contributed by atoms with Crippen LogP contribution in [0.3, 0.4) is 0 Å². The maximum atomic E-state index is 11.4. The van der Waals surface area contributed by atoms with E-state index in [2.05, 4.69) is 0 Å². The summed E-state index contributed by atoms with van der Waals surface area (Å²) in [7, 11) is 0. The number of carbonyl (C=O) groups excluding carboxylic acids is 1. The molecule has 14 heavy (non-hydrogen) atoms. The van der Waals surface area contributed by atoms with Gasteiger partial charge in [-0.1, -0.05) is 11.6 Å². The zero-order valence-corrected chi connectivity index (χ0v) is 8.89. The summed E-state index contributed by atoms with van der Waals surface area (Å²) in [6.45, 7) is 3.86. The zero-order chi connectivity index (χ0) is 10.7. The van der Waals surface area contributed by atoms with E-state index in [-0.39, 0.29) is 0 Å². The monoisotopic (exact) mass is 213 g/mol. The molecule has 1 aromatic rings. The molecule has 0 heterocycles. The van der Waals surface area contributed by atoms with Crippen LogP contribution in [0.15, 0.2) is 12.1 Å². The van der Waals surface area contributed by atoms with Crippen molar-refractivity contribution < 1.29 is 9.53 Å². The summed E-state index contributed by atoms with van der Waals surface area (Å²) >= 11 is 5.94. The molecule has 0 aliphatic rings. The van der Waals surface area contributed by atoms with E-state index in [9.17, 15) is 4.79 Å². The molecule has 3 nitrogen and oxygen atoms in total. The van der Waals surface area contributed by atoms with Crippen molar-refractivity contribution in [3.63, 3.8) is 0 Å². The number of nitrogens with two attached hydrogens (primary N) is 1. The summed E-state index contributed by atoms with van der Waals surface area (Å²) < 4.78 is 4.84. The fraction of sp³-hybridized carbons (Fsp3) is 0.300. The Kier molecular flexibility index (Phi) is 3.36. The molecule has 0 aliphatic carbocycles. The van der Waals surface area contributed by atoms with Crippen molar-refractivity contribution >= 4 is 23.3 Å². The Balaban J connectivity index is 3.13. The van der Waals surface area contributed by atoms with Gasteiger partial charge in [0.25, 0.3) is 0 Å². The molecule has 0 unspecified atom stereocenters. The van der Waals surface area contributed by atoms with Gasteiger partial charge < -0.3 is 10.5 Å². The van der Waals surface area contributed by atoms with Gasteiger partial charge in [-0.2, -0.15) is 0 Å². The Labute approximate surface area is 87.8 Å². The maximum Gasteiger partial charge on any atom is 0.339 e. The van der Waals surface area contributed by atoms with Crippen molar-refractivity contribution in [3.8, 4) is 0 Å². The number of aryl methyl sites for hydroxylation is 1. The first-order chi connectivity index (χ1) is 6.56. The number of halogens is 1.